The molecule has 0 unspecified atom stereocenters. The van der Waals surface area contributed by atoms with Gasteiger partial charge in [0.2, 0.25) is 10.0 Å². The molecule has 186 valence electrons. The number of H-pyrrole nitrogens is 1. The van der Waals surface area contributed by atoms with Gasteiger partial charge in [0.15, 0.2) is 5.88 Å². The fraction of sp³-hybridized carbons (Fsp3) is 0.250. The van der Waals surface area contributed by atoms with Crippen LogP contribution in [0, 0.1) is 0 Å². The zero-order valence-electron chi connectivity index (χ0n) is 20.5. The highest BCUT2D eigenvalue weighted by atomic mass is 32.2. The first-order chi connectivity index (χ1) is 17.3. The lowest BCUT2D eigenvalue weighted by atomic mass is 10.0. The summed E-state index contributed by atoms with van der Waals surface area (Å²) in [6.45, 7) is 3.22. The minimum absolute atomic E-state index is 0.0577. The van der Waals surface area contributed by atoms with E-state index in [1.807, 2.05) is 42.5 Å². The summed E-state index contributed by atoms with van der Waals surface area (Å²) in [6, 6.07) is 22.6. The Morgan fingerprint density at radius 2 is 1.69 bits per heavy atom. The lowest BCUT2D eigenvalue weighted by molar-refractivity contribution is 0.331. The van der Waals surface area contributed by atoms with Gasteiger partial charge in [-0.3, -0.25) is 4.90 Å². The van der Waals surface area contributed by atoms with Gasteiger partial charge in [0.25, 0.3) is 0 Å². The Balaban J connectivity index is 1.61. The van der Waals surface area contributed by atoms with E-state index in [1.54, 1.807) is 12.1 Å². The molecule has 1 aromatic heterocycles. The van der Waals surface area contributed by atoms with Crippen LogP contribution in [0.4, 0.5) is 5.69 Å². The summed E-state index contributed by atoms with van der Waals surface area (Å²) in [5.41, 5.74) is 4.47. The molecular formula is C28H30N4O3S. The normalized spacial score (nSPS) is 15.2. The van der Waals surface area contributed by atoms with Crippen molar-refractivity contribution in [1.82, 2.24) is 14.2 Å². The zero-order chi connectivity index (χ0) is 25.3. The largest absolute Gasteiger partial charge is 0.494 e. The number of benzene rings is 3. The first-order valence-electron chi connectivity index (χ1n) is 12.1. The second-order valence-electron chi connectivity index (χ2n) is 9.32. The summed E-state index contributed by atoms with van der Waals surface area (Å²) >= 11 is 0. The Morgan fingerprint density at radius 1 is 1.00 bits per heavy atom. The Hall–Kier alpha value is -3.46. The topological polar surface area (TPSA) is 89.0 Å². The van der Waals surface area contributed by atoms with Crippen molar-refractivity contribution in [2.45, 2.75) is 24.3 Å². The summed E-state index contributed by atoms with van der Waals surface area (Å²) in [7, 11) is -0.647. The van der Waals surface area contributed by atoms with Gasteiger partial charge >= 0.3 is 0 Å². The lowest BCUT2D eigenvalue weighted by Gasteiger charge is -2.14. The third-order valence-electron chi connectivity index (χ3n) is 6.59. The molecule has 0 amide bonds. The van der Waals surface area contributed by atoms with Crippen LogP contribution in [-0.4, -0.2) is 60.6 Å². The van der Waals surface area contributed by atoms with Crippen molar-refractivity contribution in [2.24, 2.45) is 4.99 Å². The number of likely N-dealkylation sites (tertiary alicyclic amines) is 1. The summed E-state index contributed by atoms with van der Waals surface area (Å²) in [5, 5.41) is 11.5. The van der Waals surface area contributed by atoms with E-state index < -0.39 is 10.0 Å². The van der Waals surface area contributed by atoms with Gasteiger partial charge in [-0.2, -0.15) is 0 Å². The van der Waals surface area contributed by atoms with Gasteiger partial charge in [-0.1, -0.05) is 42.5 Å². The van der Waals surface area contributed by atoms with E-state index in [2.05, 4.69) is 22.0 Å². The van der Waals surface area contributed by atoms with Crippen LogP contribution < -0.4 is 0 Å². The van der Waals surface area contributed by atoms with Crippen LogP contribution in [0.3, 0.4) is 0 Å². The molecule has 0 aliphatic carbocycles. The predicted octanol–water partition coefficient (Wildman–Crippen LogP) is 4.89. The first-order valence-corrected chi connectivity index (χ1v) is 13.5. The van der Waals surface area contributed by atoms with Gasteiger partial charge in [0, 0.05) is 37.1 Å². The minimum atomic E-state index is -3.65. The number of aliphatic imine (C=N–C) groups is 1. The Kier molecular flexibility index (Phi) is 6.66. The number of nitrogens with zero attached hydrogens (tertiary/aromatic N) is 3. The summed E-state index contributed by atoms with van der Waals surface area (Å²) in [4.78, 5) is 10.5. The molecule has 3 aromatic carbocycles. The average Bonchev–Trinajstić information content (AvgIpc) is 3.50. The second kappa shape index (κ2) is 9.89. The molecule has 1 aliphatic rings. The Morgan fingerprint density at radius 3 is 2.36 bits per heavy atom. The van der Waals surface area contributed by atoms with Crippen LogP contribution in [-0.2, 0) is 16.6 Å². The molecule has 8 heteroatoms. The number of aromatic amines is 1. The summed E-state index contributed by atoms with van der Waals surface area (Å²) in [5.74, 6) is -0.0577. The average molecular weight is 503 g/mol. The van der Waals surface area contributed by atoms with Crippen LogP contribution in [0.2, 0.25) is 0 Å². The number of rotatable bonds is 7. The van der Waals surface area contributed by atoms with Gasteiger partial charge in [-0.05, 0) is 61.8 Å². The van der Waals surface area contributed by atoms with E-state index in [4.69, 9.17) is 4.99 Å². The van der Waals surface area contributed by atoms with Crippen molar-refractivity contribution in [3.63, 3.8) is 0 Å². The maximum Gasteiger partial charge on any atom is 0.242 e. The van der Waals surface area contributed by atoms with Crippen molar-refractivity contribution >= 4 is 32.3 Å². The molecule has 2 heterocycles. The minimum Gasteiger partial charge on any atom is -0.494 e. The molecule has 2 N–H and O–H groups in total. The van der Waals surface area contributed by atoms with Crippen molar-refractivity contribution in [2.75, 3.05) is 27.2 Å². The molecule has 0 saturated carbocycles. The molecule has 0 bridgehead atoms. The SMILES string of the molecule is CN(C)S(=O)(=O)c1ccc2[nH]c(O)c(C(=Nc3ccc(CN4CCCC4)cc3)c3ccccc3)c2c1. The van der Waals surface area contributed by atoms with Crippen LogP contribution in [0.1, 0.15) is 29.5 Å². The standard InChI is InChI=1S/C28H30N4O3S/c1-31(2)36(34,35)23-14-15-25-24(18-23)26(28(33)30-25)27(21-8-4-3-5-9-21)29-22-12-10-20(11-13-22)19-32-16-6-7-17-32/h3-5,8-15,18,30,33H,6-7,16-17,19H2,1-2H3. The maximum absolute atomic E-state index is 12.8. The van der Waals surface area contributed by atoms with Crippen LogP contribution in [0.5, 0.6) is 5.88 Å². The molecular weight excluding hydrogens is 472 g/mol. The fourth-order valence-corrected chi connectivity index (χ4v) is 5.56. The molecule has 5 rings (SSSR count). The molecule has 36 heavy (non-hydrogen) atoms. The van der Waals surface area contributed by atoms with E-state index in [0.717, 1.165) is 30.9 Å². The molecule has 1 aliphatic heterocycles. The van der Waals surface area contributed by atoms with Crippen molar-refractivity contribution < 1.29 is 13.5 Å². The molecule has 0 radical (unpaired) electrons. The second-order valence-corrected chi connectivity index (χ2v) is 11.5. The van der Waals surface area contributed by atoms with Crippen molar-refractivity contribution in [3.8, 4) is 5.88 Å². The van der Waals surface area contributed by atoms with Gasteiger partial charge in [-0.25, -0.2) is 17.7 Å². The van der Waals surface area contributed by atoms with E-state index in [0.29, 0.717) is 22.2 Å². The number of aromatic hydroxyl groups is 1. The summed E-state index contributed by atoms with van der Waals surface area (Å²) < 4.78 is 26.8. The van der Waals surface area contributed by atoms with Gasteiger partial charge < -0.3 is 10.1 Å². The number of aromatic nitrogens is 1. The molecule has 0 spiro atoms. The monoisotopic (exact) mass is 502 g/mol. The molecule has 1 fully saturated rings. The Labute approximate surface area is 211 Å². The first kappa shape index (κ1) is 24.2. The maximum atomic E-state index is 12.8. The number of hydrogen-bond donors (Lipinski definition) is 2. The predicted molar refractivity (Wildman–Crippen MR) is 144 cm³/mol. The van der Waals surface area contributed by atoms with E-state index in [1.165, 1.54) is 42.9 Å². The van der Waals surface area contributed by atoms with Crippen molar-refractivity contribution in [1.29, 1.82) is 0 Å². The number of fused-ring (bicyclic) bond motifs is 1. The van der Waals surface area contributed by atoms with Crippen LogP contribution in [0.15, 0.2) is 82.7 Å². The summed E-state index contributed by atoms with van der Waals surface area (Å²) in [6.07, 6.45) is 2.52. The van der Waals surface area contributed by atoms with E-state index in [-0.39, 0.29) is 10.8 Å². The lowest BCUT2D eigenvalue weighted by Crippen LogP contribution is -2.22. The Bertz CT molecular complexity index is 1500. The highest BCUT2D eigenvalue weighted by molar-refractivity contribution is 7.89. The van der Waals surface area contributed by atoms with E-state index in [9.17, 15) is 13.5 Å². The highest BCUT2D eigenvalue weighted by Crippen LogP contribution is 2.33. The van der Waals surface area contributed by atoms with Gasteiger partial charge in [-0.15, -0.1) is 0 Å². The molecule has 7 nitrogen and oxygen atoms in total. The highest BCUT2D eigenvalue weighted by Gasteiger charge is 2.23. The smallest absolute Gasteiger partial charge is 0.242 e. The van der Waals surface area contributed by atoms with Crippen LogP contribution >= 0.6 is 0 Å². The zero-order valence-corrected chi connectivity index (χ0v) is 21.3. The van der Waals surface area contributed by atoms with Gasteiger partial charge in [0.05, 0.1) is 21.9 Å². The fourth-order valence-electron chi connectivity index (χ4n) is 4.63. The van der Waals surface area contributed by atoms with E-state index >= 15 is 0 Å². The third kappa shape index (κ3) is 4.80. The number of hydrogen-bond acceptors (Lipinski definition) is 5. The molecule has 0 atom stereocenters. The van der Waals surface area contributed by atoms with Crippen LogP contribution in [0.25, 0.3) is 10.9 Å². The van der Waals surface area contributed by atoms with Crippen molar-refractivity contribution in [3.05, 3.63) is 89.5 Å². The third-order valence-corrected chi connectivity index (χ3v) is 8.41. The quantitative estimate of drug-likeness (QED) is 0.352. The number of nitrogens with one attached hydrogen (secondary N) is 1. The number of sulfonamides is 1. The van der Waals surface area contributed by atoms with Gasteiger partial charge in [0.1, 0.15) is 0 Å². The molecule has 1 saturated heterocycles. The molecule has 4 aromatic rings.